The second-order valence-electron chi connectivity index (χ2n) is 5.66. The molecule has 0 saturated heterocycles. The smallest absolute Gasteiger partial charge is 0.383 e. The number of carbonyl (C=O) groups is 1. The van der Waals surface area contributed by atoms with E-state index in [1.54, 1.807) is 6.07 Å². The molecule has 0 unspecified atom stereocenters. The van der Waals surface area contributed by atoms with Gasteiger partial charge < -0.3 is 15.5 Å². The number of halogens is 3. The summed E-state index contributed by atoms with van der Waals surface area (Å²) in [4.78, 5) is 18.1. The van der Waals surface area contributed by atoms with E-state index in [4.69, 9.17) is 0 Å². The van der Waals surface area contributed by atoms with Crippen LogP contribution in [0.1, 0.15) is 16.1 Å². The Balaban J connectivity index is 2.05. The SMILES string of the molecule is CN(C)CCNc1ccc(C(=O)Nc2ccccc2C(F)(F)F)nc1. The van der Waals surface area contributed by atoms with Crippen LogP contribution >= 0.6 is 0 Å². The average molecular weight is 352 g/mol. The Morgan fingerprint density at radius 3 is 2.48 bits per heavy atom. The number of nitrogens with zero attached hydrogens (tertiary/aromatic N) is 2. The Labute approximate surface area is 143 Å². The topological polar surface area (TPSA) is 57.3 Å². The van der Waals surface area contributed by atoms with Crippen molar-refractivity contribution in [1.82, 2.24) is 9.88 Å². The maximum Gasteiger partial charge on any atom is 0.418 e. The van der Waals surface area contributed by atoms with Crippen molar-refractivity contribution in [3.8, 4) is 0 Å². The normalized spacial score (nSPS) is 11.4. The molecule has 2 rings (SSSR count). The van der Waals surface area contributed by atoms with Crippen molar-refractivity contribution in [3.63, 3.8) is 0 Å². The minimum atomic E-state index is -4.54. The van der Waals surface area contributed by atoms with Gasteiger partial charge in [-0.05, 0) is 38.4 Å². The Bertz CT molecular complexity index is 715. The van der Waals surface area contributed by atoms with Crippen LogP contribution in [-0.2, 0) is 6.18 Å². The lowest BCUT2D eigenvalue weighted by molar-refractivity contribution is -0.136. The van der Waals surface area contributed by atoms with Gasteiger partial charge in [0, 0.05) is 13.1 Å². The van der Waals surface area contributed by atoms with E-state index in [0.717, 1.165) is 18.3 Å². The van der Waals surface area contributed by atoms with Crippen molar-refractivity contribution in [2.24, 2.45) is 0 Å². The zero-order chi connectivity index (χ0) is 18.4. The molecule has 1 amide bonds. The standard InChI is InChI=1S/C17H19F3N4O/c1-24(2)10-9-21-12-7-8-15(22-11-12)16(25)23-14-6-4-3-5-13(14)17(18,19)20/h3-8,11,21H,9-10H2,1-2H3,(H,23,25). The number of amides is 1. The molecule has 25 heavy (non-hydrogen) atoms. The number of para-hydroxylation sites is 1. The van der Waals surface area contributed by atoms with Crippen LogP contribution in [0, 0.1) is 0 Å². The van der Waals surface area contributed by atoms with Crippen LogP contribution in [0.15, 0.2) is 42.6 Å². The quantitative estimate of drug-likeness (QED) is 0.837. The van der Waals surface area contributed by atoms with E-state index < -0.39 is 17.6 Å². The molecule has 0 saturated carbocycles. The van der Waals surface area contributed by atoms with E-state index in [-0.39, 0.29) is 11.4 Å². The summed E-state index contributed by atoms with van der Waals surface area (Å²) in [5.74, 6) is -0.698. The number of pyridine rings is 1. The molecule has 1 aromatic carbocycles. The van der Waals surface area contributed by atoms with Crippen LogP contribution in [0.5, 0.6) is 0 Å². The third kappa shape index (κ3) is 5.46. The number of likely N-dealkylation sites (N-methyl/N-ethyl adjacent to an activating group) is 1. The molecular weight excluding hydrogens is 333 g/mol. The predicted octanol–water partition coefficient (Wildman–Crippen LogP) is 3.33. The number of rotatable bonds is 6. The first-order valence-electron chi connectivity index (χ1n) is 7.59. The molecule has 134 valence electrons. The van der Waals surface area contributed by atoms with Crippen LogP contribution in [0.4, 0.5) is 24.5 Å². The van der Waals surface area contributed by atoms with Gasteiger partial charge in [0.15, 0.2) is 0 Å². The minimum Gasteiger partial charge on any atom is -0.383 e. The van der Waals surface area contributed by atoms with Gasteiger partial charge in [-0.3, -0.25) is 4.79 Å². The van der Waals surface area contributed by atoms with Crippen molar-refractivity contribution in [2.75, 3.05) is 37.8 Å². The molecule has 0 radical (unpaired) electrons. The van der Waals surface area contributed by atoms with Gasteiger partial charge in [-0.15, -0.1) is 0 Å². The van der Waals surface area contributed by atoms with Crippen LogP contribution in [0.3, 0.4) is 0 Å². The summed E-state index contributed by atoms with van der Waals surface area (Å²) in [6.07, 6.45) is -3.07. The molecule has 8 heteroatoms. The number of hydrogen-bond acceptors (Lipinski definition) is 4. The highest BCUT2D eigenvalue weighted by Crippen LogP contribution is 2.34. The minimum absolute atomic E-state index is 0.0372. The maximum absolute atomic E-state index is 13.0. The van der Waals surface area contributed by atoms with Gasteiger partial charge in [0.1, 0.15) is 5.69 Å². The summed E-state index contributed by atoms with van der Waals surface area (Å²) in [6.45, 7) is 1.54. The number of carbonyl (C=O) groups excluding carboxylic acids is 1. The molecule has 1 aromatic heterocycles. The zero-order valence-corrected chi connectivity index (χ0v) is 13.9. The van der Waals surface area contributed by atoms with Gasteiger partial charge in [-0.25, -0.2) is 4.98 Å². The van der Waals surface area contributed by atoms with Gasteiger partial charge in [0.25, 0.3) is 5.91 Å². The van der Waals surface area contributed by atoms with Gasteiger partial charge in [0.05, 0.1) is 23.1 Å². The molecule has 2 aromatic rings. The van der Waals surface area contributed by atoms with E-state index >= 15 is 0 Å². The Hall–Kier alpha value is -2.61. The highest BCUT2D eigenvalue weighted by atomic mass is 19.4. The first-order valence-corrected chi connectivity index (χ1v) is 7.59. The number of hydrogen-bond donors (Lipinski definition) is 2. The lowest BCUT2D eigenvalue weighted by Gasteiger charge is -2.13. The van der Waals surface area contributed by atoms with Gasteiger partial charge in [-0.2, -0.15) is 13.2 Å². The molecule has 0 aliphatic heterocycles. The average Bonchev–Trinajstić information content (AvgIpc) is 2.54. The summed E-state index contributed by atoms with van der Waals surface area (Å²) in [5, 5.41) is 5.40. The summed E-state index contributed by atoms with van der Waals surface area (Å²) in [6, 6.07) is 7.94. The molecule has 0 bridgehead atoms. The van der Waals surface area contributed by atoms with E-state index in [9.17, 15) is 18.0 Å². The summed E-state index contributed by atoms with van der Waals surface area (Å²) in [7, 11) is 3.90. The lowest BCUT2D eigenvalue weighted by atomic mass is 10.1. The summed E-state index contributed by atoms with van der Waals surface area (Å²) >= 11 is 0. The van der Waals surface area contributed by atoms with E-state index in [2.05, 4.69) is 15.6 Å². The predicted molar refractivity (Wildman–Crippen MR) is 90.7 cm³/mol. The van der Waals surface area contributed by atoms with Crippen LogP contribution in [-0.4, -0.2) is 43.0 Å². The van der Waals surface area contributed by atoms with Crippen molar-refractivity contribution in [1.29, 1.82) is 0 Å². The Morgan fingerprint density at radius 2 is 1.88 bits per heavy atom. The van der Waals surface area contributed by atoms with E-state index in [1.165, 1.54) is 30.5 Å². The van der Waals surface area contributed by atoms with Crippen molar-refractivity contribution < 1.29 is 18.0 Å². The fourth-order valence-corrected chi connectivity index (χ4v) is 2.08. The van der Waals surface area contributed by atoms with Gasteiger partial charge in [-0.1, -0.05) is 12.1 Å². The monoisotopic (exact) mass is 352 g/mol. The highest BCUT2D eigenvalue weighted by Gasteiger charge is 2.33. The maximum atomic E-state index is 13.0. The largest absolute Gasteiger partial charge is 0.418 e. The fourth-order valence-electron chi connectivity index (χ4n) is 2.08. The van der Waals surface area contributed by atoms with E-state index in [0.29, 0.717) is 6.54 Å². The number of aromatic nitrogens is 1. The third-order valence-electron chi connectivity index (χ3n) is 3.36. The van der Waals surface area contributed by atoms with Gasteiger partial charge in [0.2, 0.25) is 0 Å². The molecule has 0 aliphatic carbocycles. The van der Waals surface area contributed by atoms with Gasteiger partial charge >= 0.3 is 6.18 Å². The second kappa shape index (κ2) is 7.98. The van der Waals surface area contributed by atoms with Crippen LogP contribution < -0.4 is 10.6 Å². The van der Waals surface area contributed by atoms with Crippen molar-refractivity contribution in [2.45, 2.75) is 6.18 Å². The first-order chi connectivity index (χ1) is 11.8. The molecule has 2 N–H and O–H groups in total. The molecule has 0 fully saturated rings. The number of alkyl halides is 3. The molecular formula is C17H19F3N4O. The lowest BCUT2D eigenvalue weighted by Crippen LogP contribution is -2.21. The number of anilines is 2. The molecule has 0 aliphatic rings. The number of benzene rings is 1. The van der Waals surface area contributed by atoms with Crippen LogP contribution in [0.2, 0.25) is 0 Å². The third-order valence-corrected chi connectivity index (χ3v) is 3.36. The van der Waals surface area contributed by atoms with E-state index in [1.807, 2.05) is 19.0 Å². The molecule has 0 spiro atoms. The molecule has 5 nitrogen and oxygen atoms in total. The second-order valence-corrected chi connectivity index (χ2v) is 5.66. The number of nitrogens with one attached hydrogen (secondary N) is 2. The molecule has 1 heterocycles. The van der Waals surface area contributed by atoms with Crippen LogP contribution in [0.25, 0.3) is 0 Å². The fraction of sp³-hybridized carbons (Fsp3) is 0.294. The summed E-state index contributed by atoms with van der Waals surface area (Å²) < 4.78 is 38.9. The van der Waals surface area contributed by atoms with Crippen molar-refractivity contribution >= 4 is 17.3 Å². The molecule has 0 atom stereocenters. The highest BCUT2D eigenvalue weighted by molar-refractivity contribution is 6.03. The van der Waals surface area contributed by atoms with Crippen molar-refractivity contribution in [3.05, 3.63) is 53.9 Å². The summed E-state index contributed by atoms with van der Waals surface area (Å²) in [5.41, 5.74) is -0.426. The Kier molecular flexibility index (Phi) is 5.97. The zero-order valence-electron chi connectivity index (χ0n) is 13.9. The first kappa shape index (κ1) is 18.7. The Morgan fingerprint density at radius 1 is 1.16 bits per heavy atom.